The van der Waals surface area contributed by atoms with Crippen molar-refractivity contribution in [3.05, 3.63) is 71.3 Å². The summed E-state index contributed by atoms with van der Waals surface area (Å²) in [6.45, 7) is 2.09. The van der Waals surface area contributed by atoms with E-state index in [1.165, 1.54) is 0 Å². The Morgan fingerprint density at radius 1 is 1.00 bits per heavy atom. The maximum atomic E-state index is 12.5. The molecule has 2 aromatic rings. The third-order valence-electron chi connectivity index (χ3n) is 2.97. The zero-order valence-electron chi connectivity index (χ0n) is 12.3. The molecule has 0 fully saturated rings. The number of ether oxygens (including phenoxy) is 1. The average molecular weight is 292 g/mol. The van der Waals surface area contributed by atoms with Crippen molar-refractivity contribution in [2.75, 3.05) is 6.61 Å². The summed E-state index contributed by atoms with van der Waals surface area (Å²) in [6, 6.07) is 16.2. The quantitative estimate of drug-likeness (QED) is 0.493. The lowest BCUT2D eigenvalue weighted by atomic mass is 9.98. The van der Waals surface area contributed by atoms with Crippen molar-refractivity contribution in [3.63, 3.8) is 0 Å². The van der Waals surface area contributed by atoms with Gasteiger partial charge in [0.05, 0.1) is 6.61 Å². The predicted molar refractivity (Wildman–Crippen MR) is 84.4 cm³/mol. The summed E-state index contributed by atoms with van der Waals surface area (Å²) in [5.74, 6) is 5.20. The average Bonchev–Trinajstić information content (AvgIpc) is 2.56. The van der Waals surface area contributed by atoms with Gasteiger partial charge in [0.2, 0.25) is 0 Å². The zero-order valence-corrected chi connectivity index (χ0v) is 12.3. The topological polar surface area (TPSA) is 43.4 Å². The molecule has 0 saturated heterocycles. The van der Waals surface area contributed by atoms with E-state index in [-0.39, 0.29) is 18.2 Å². The van der Waals surface area contributed by atoms with E-state index in [0.717, 1.165) is 0 Å². The van der Waals surface area contributed by atoms with Crippen LogP contribution in [0.15, 0.2) is 54.6 Å². The monoisotopic (exact) mass is 292 g/mol. The molecular weight excluding hydrogens is 276 g/mol. The highest BCUT2D eigenvalue weighted by molar-refractivity contribution is 6.10. The first-order valence-corrected chi connectivity index (χ1v) is 7.05. The van der Waals surface area contributed by atoms with E-state index in [0.29, 0.717) is 23.3 Å². The SMILES string of the molecule is CCOC(=O)CC#Cc1ccccc1C(=O)c1ccccc1. The van der Waals surface area contributed by atoms with Crippen molar-refractivity contribution in [2.45, 2.75) is 13.3 Å². The fraction of sp³-hybridized carbons (Fsp3) is 0.158. The van der Waals surface area contributed by atoms with E-state index in [1.807, 2.05) is 24.3 Å². The van der Waals surface area contributed by atoms with Gasteiger partial charge in [-0.1, -0.05) is 54.3 Å². The number of esters is 1. The Hall–Kier alpha value is -2.86. The smallest absolute Gasteiger partial charge is 0.317 e. The molecule has 0 N–H and O–H groups in total. The highest BCUT2D eigenvalue weighted by atomic mass is 16.5. The Labute approximate surface area is 129 Å². The van der Waals surface area contributed by atoms with Crippen molar-refractivity contribution in [2.24, 2.45) is 0 Å². The number of carbonyl (C=O) groups excluding carboxylic acids is 2. The van der Waals surface area contributed by atoms with Crippen LogP contribution in [0.4, 0.5) is 0 Å². The van der Waals surface area contributed by atoms with E-state index in [9.17, 15) is 9.59 Å². The molecule has 0 amide bonds. The van der Waals surface area contributed by atoms with Crippen molar-refractivity contribution in [1.29, 1.82) is 0 Å². The van der Waals surface area contributed by atoms with Crippen molar-refractivity contribution < 1.29 is 14.3 Å². The summed E-state index contributed by atoms with van der Waals surface area (Å²) in [5.41, 5.74) is 1.76. The largest absolute Gasteiger partial charge is 0.465 e. The lowest BCUT2D eigenvalue weighted by molar-refractivity contribution is -0.141. The van der Waals surface area contributed by atoms with Crippen LogP contribution >= 0.6 is 0 Å². The molecule has 0 heterocycles. The number of benzene rings is 2. The molecule has 0 bridgehead atoms. The van der Waals surface area contributed by atoms with E-state index in [1.54, 1.807) is 37.3 Å². The van der Waals surface area contributed by atoms with Gasteiger partial charge < -0.3 is 4.74 Å². The molecule has 2 aromatic carbocycles. The molecule has 2 rings (SSSR count). The van der Waals surface area contributed by atoms with Crippen LogP contribution < -0.4 is 0 Å². The minimum atomic E-state index is -0.359. The van der Waals surface area contributed by atoms with Gasteiger partial charge in [-0.25, -0.2) is 0 Å². The van der Waals surface area contributed by atoms with Gasteiger partial charge in [-0.05, 0) is 19.1 Å². The van der Waals surface area contributed by atoms with Crippen LogP contribution in [0.3, 0.4) is 0 Å². The second kappa shape index (κ2) is 7.80. The summed E-state index contributed by atoms with van der Waals surface area (Å²) in [4.78, 5) is 23.8. The van der Waals surface area contributed by atoms with Gasteiger partial charge in [-0.15, -0.1) is 0 Å². The molecule has 0 aromatic heterocycles. The maximum absolute atomic E-state index is 12.5. The van der Waals surface area contributed by atoms with Gasteiger partial charge in [0.15, 0.2) is 5.78 Å². The van der Waals surface area contributed by atoms with Crippen LogP contribution in [-0.2, 0) is 9.53 Å². The van der Waals surface area contributed by atoms with Crippen molar-refractivity contribution in [3.8, 4) is 11.8 Å². The molecular formula is C19H16O3. The first-order valence-electron chi connectivity index (χ1n) is 7.05. The van der Waals surface area contributed by atoms with Gasteiger partial charge in [-0.2, -0.15) is 0 Å². The molecule has 3 nitrogen and oxygen atoms in total. The Kier molecular flexibility index (Phi) is 5.50. The van der Waals surface area contributed by atoms with E-state index in [2.05, 4.69) is 11.8 Å². The molecule has 0 unspecified atom stereocenters. The molecule has 0 atom stereocenters. The summed E-state index contributed by atoms with van der Waals surface area (Å²) in [5, 5.41) is 0. The lowest BCUT2D eigenvalue weighted by Crippen LogP contribution is -2.04. The van der Waals surface area contributed by atoms with Gasteiger partial charge in [0.1, 0.15) is 6.42 Å². The third kappa shape index (κ3) is 4.07. The highest BCUT2D eigenvalue weighted by Gasteiger charge is 2.11. The second-order valence-corrected chi connectivity index (χ2v) is 4.52. The van der Waals surface area contributed by atoms with Gasteiger partial charge >= 0.3 is 5.97 Å². The highest BCUT2D eigenvalue weighted by Crippen LogP contribution is 2.13. The number of carbonyl (C=O) groups is 2. The normalized spacial score (nSPS) is 9.50. The van der Waals surface area contributed by atoms with Crippen LogP contribution in [0.5, 0.6) is 0 Å². The minimum Gasteiger partial charge on any atom is -0.465 e. The standard InChI is InChI=1S/C19H16O3/c1-2-22-18(20)14-8-12-15-9-6-7-13-17(15)19(21)16-10-4-3-5-11-16/h3-7,9-11,13H,2,14H2,1H3. The molecule has 0 aliphatic carbocycles. The predicted octanol–water partition coefficient (Wildman–Crippen LogP) is 3.22. The third-order valence-corrected chi connectivity index (χ3v) is 2.97. The number of hydrogen-bond donors (Lipinski definition) is 0. The maximum Gasteiger partial charge on any atom is 0.317 e. The second-order valence-electron chi connectivity index (χ2n) is 4.52. The van der Waals surface area contributed by atoms with Crippen LogP contribution in [0.2, 0.25) is 0 Å². The van der Waals surface area contributed by atoms with E-state index in [4.69, 9.17) is 4.74 Å². The fourth-order valence-corrected chi connectivity index (χ4v) is 1.96. The Morgan fingerprint density at radius 2 is 1.68 bits per heavy atom. The van der Waals surface area contributed by atoms with Crippen molar-refractivity contribution in [1.82, 2.24) is 0 Å². The van der Waals surface area contributed by atoms with Crippen LogP contribution in [-0.4, -0.2) is 18.4 Å². The summed E-state index contributed by atoms with van der Waals surface area (Å²) in [7, 11) is 0. The molecule has 3 heteroatoms. The summed E-state index contributed by atoms with van der Waals surface area (Å²) >= 11 is 0. The molecule has 0 radical (unpaired) electrons. The Bertz CT molecular complexity index is 721. The number of hydrogen-bond acceptors (Lipinski definition) is 3. The van der Waals surface area contributed by atoms with Crippen LogP contribution in [0, 0.1) is 11.8 Å². The Morgan fingerprint density at radius 3 is 2.41 bits per heavy atom. The van der Waals surface area contributed by atoms with Gasteiger partial charge in [-0.3, -0.25) is 9.59 Å². The lowest BCUT2D eigenvalue weighted by Gasteiger charge is -2.03. The minimum absolute atomic E-state index is 0.0156. The van der Waals surface area contributed by atoms with Gasteiger partial charge in [0.25, 0.3) is 0 Å². The van der Waals surface area contributed by atoms with Crippen LogP contribution in [0.25, 0.3) is 0 Å². The number of rotatable bonds is 4. The van der Waals surface area contributed by atoms with Gasteiger partial charge in [0, 0.05) is 16.7 Å². The number of ketones is 1. The van der Waals surface area contributed by atoms with E-state index < -0.39 is 0 Å². The summed E-state index contributed by atoms with van der Waals surface area (Å²) < 4.78 is 4.82. The summed E-state index contributed by atoms with van der Waals surface area (Å²) in [6.07, 6.45) is 0.0156. The molecule has 22 heavy (non-hydrogen) atoms. The fourth-order valence-electron chi connectivity index (χ4n) is 1.96. The molecule has 0 spiro atoms. The van der Waals surface area contributed by atoms with E-state index >= 15 is 0 Å². The molecule has 110 valence electrons. The van der Waals surface area contributed by atoms with Crippen molar-refractivity contribution >= 4 is 11.8 Å². The first kappa shape index (κ1) is 15.5. The molecule has 0 aliphatic heterocycles. The molecule has 0 aliphatic rings. The first-order chi connectivity index (χ1) is 10.7. The molecule has 0 saturated carbocycles. The Balaban J connectivity index is 2.23. The van der Waals surface area contributed by atoms with Crippen LogP contribution in [0.1, 0.15) is 34.8 Å². The zero-order chi connectivity index (χ0) is 15.8.